The molecule has 0 unspecified atom stereocenters. The molecule has 0 atom stereocenters. The molecule has 0 saturated carbocycles. The van der Waals surface area contributed by atoms with Gasteiger partial charge < -0.3 is 79.0 Å². The smallest absolute Gasteiger partial charge is 0.122 e. The molecule has 0 bridgehead atoms. The minimum absolute atomic E-state index is 0.0321. The summed E-state index contributed by atoms with van der Waals surface area (Å²) in [6.45, 7) is 4.22. The molecule has 0 radical (unpaired) electrons. The third-order valence-electron chi connectivity index (χ3n) is 24.6. The number of nitrogen functional groups attached to an aromatic ring is 12. The van der Waals surface area contributed by atoms with Crippen molar-refractivity contribution in [1.29, 1.82) is 0 Å². The molecule has 18 rings (SSSR count). The Kier molecular flexibility index (Phi) is 26.8. The Labute approximate surface area is 761 Å². The molecular formula is C116H108N12O2. The molecule has 0 aliphatic rings. The Morgan fingerprint density at radius 1 is 0.162 bits per heavy atom. The fourth-order valence-electron chi connectivity index (χ4n) is 17.4. The molecule has 0 aliphatic heterocycles. The number of aromatic hydroxyl groups is 2. The molecule has 18 aromatic carbocycles. The SMILES string of the molecule is CC(c1ccc(-c2ccccc2)cc1)(c1ccc(N)cc1O)c1ccc(N)cc1O.CC(c1ccc(N)cc1)(c1ccc(N)cc1)c1ccc(-c2ccccc2)cc1.Nc1ccc(C(c2ccc(N)cc2)c2ccc(C(c3ccc(N)cc3)c3ccc(N)cc3)cc2)cc1.Nc1ccc(C(c2ccc(N)cc2)c2cccc(C(c3ccc(N)cc3)c3ccc(N)cc3)c2)cc1. The summed E-state index contributed by atoms with van der Waals surface area (Å²) in [4.78, 5) is 0. The summed E-state index contributed by atoms with van der Waals surface area (Å²) in [6, 6.07) is 146. The summed E-state index contributed by atoms with van der Waals surface area (Å²) in [6.07, 6.45) is 0. The van der Waals surface area contributed by atoms with Crippen LogP contribution in [0.3, 0.4) is 0 Å². The quantitative estimate of drug-likeness (QED) is 0.0249. The van der Waals surface area contributed by atoms with E-state index in [2.05, 4.69) is 237 Å². The lowest BCUT2D eigenvalue weighted by Gasteiger charge is -2.33. The molecule has 18 aromatic rings. The zero-order valence-corrected chi connectivity index (χ0v) is 72.7. The first-order chi connectivity index (χ1) is 62.9. The van der Waals surface area contributed by atoms with Crippen LogP contribution in [0, 0.1) is 0 Å². The van der Waals surface area contributed by atoms with Crippen LogP contribution in [0.25, 0.3) is 22.3 Å². The fraction of sp³-hybridized carbons (Fsp3) is 0.0690. The summed E-state index contributed by atoms with van der Waals surface area (Å²) in [7, 11) is 0. The van der Waals surface area contributed by atoms with Crippen molar-refractivity contribution >= 4 is 68.2 Å². The molecule has 0 heterocycles. The Balaban J connectivity index is 0.000000134. The van der Waals surface area contributed by atoms with E-state index in [0.717, 1.165) is 73.6 Å². The monoisotopic (exact) mass is 1700 g/mol. The maximum Gasteiger partial charge on any atom is 0.122 e. The van der Waals surface area contributed by atoms with E-state index in [1.165, 1.54) is 107 Å². The van der Waals surface area contributed by atoms with Crippen molar-refractivity contribution in [3.05, 3.63) is 537 Å². The summed E-state index contributed by atoms with van der Waals surface area (Å²) < 4.78 is 0. The Morgan fingerprint density at radius 3 is 0.562 bits per heavy atom. The Bertz CT molecular complexity index is 6250. The van der Waals surface area contributed by atoms with E-state index < -0.39 is 5.41 Å². The van der Waals surface area contributed by atoms with E-state index >= 15 is 0 Å². The number of benzene rings is 18. The van der Waals surface area contributed by atoms with Crippen molar-refractivity contribution in [2.24, 2.45) is 0 Å². The first-order valence-corrected chi connectivity index (χ1v) is 43.2. The van der Waals surface area contributed by atoms with Crippen LogP contribution in [0.4, 0.5) is 68.2 Å². The molecule has 0 aliphatic carbocycles. The van der Waals surface area contributed by atoms with Gasteiger partial charge in [0.1, 0.15) is 11.5 Å². The zero-order valence-electron chi connectivity index (χ0n) is 72.7. The maximum absolute atomic E-state index is 10.7. The topological polar surface area (TPSA) is 353 Å². The molecule has 130 heavy (non-hydrogen) atoms. The van der Waals surface area contributed by atoms with E-state index in [1.54, 1.807) is 24.3 Å². The Hall–Kier alpha value is -16.8. The molecule has 26 N–H and O–H groups in total. The van der Waals surface area contributed by atoms with Crippen LogP contribution >= 0.6 is 0 Å². The summed E-state index contributed by atoms with van der Waals surface area (Å²) in [5.74, 6) is 0.328. The highest BCUT2D eigenvalue weighted by Crippen LogP contribution is 2.49. The standard InChI is InChI=1S/2C32H30N4.C26H24N2O2.C26H24N2/c33-27-13-5-23(6-14-27)31(24-7-15-28(34)16-8-24)21-1-2-22(4-3-21)32(25-9-17-29(35)18-10-25)26-11-19-30(36)20-12-26;33-27-12-4-21(5-13-27)31(22-6-14-28(34)15-7-22)25-2-1-3-26(20-25)32(23-8-16-29(35)17-9-23)24-10-18-30(36)19-11-24;1-26(22-13-11-20(27)15-24(22)29,23-14-12-21(28)16-25(23)30)19-9-7-18(8-10-19)17-5-3-2-4-6-17;1-26(22-11-15-24(27)16-12-22,23-13-17-25(28)18-14-23)21-9-7-20(8-10-21)19-5-3-2-4-6-19/h2*1-20,31-32H,33-36H2;2-16,29-30H,27-28H2,1H3;2-18H,27-28H2,1H3. The average molecular weight is 1700 g/mol. The van der Waals surface area contributed by atoms with Gasteiger partial charge in [-0.05, 0) is 259 Å². The highest BCUT2D eigenvalue weighted by Gasteiger charge is 2.37. The molecular weight excluding hydrogens is 1590 g/mol. The largest absolute Gasteiger partial charge is 0.508 e. The van der Waals surface area contributed by atoms with Gasteiger partial charge in [0.15, 0.2) is 0 Å². The molecule has 0 aromatic heterocycles. The number of phenolic OH excluding ortho intramolecular Hbond substituents is 2. The van der Waals surface area contributed by atoms with E-state index in [1.807, 2.05) is 177 Å². The number of hydrogen-bond donors (Lipinski definition) is 14. The highest BCUT2D eigenvalue weighted by atomic mass is 16.3. The van der Waals surface area contributed by atoms with Crippen LogP contribution in [0.1, 0.15) is 138 Å². The van der Waals surface area contributed by atoms with Crippen molar-refractivity contribution in [2.75, 3.05) is 68.8 Å². The second kappa shape index (κ2) is 39.6. The molecule has 0 amide bonds. The second-order valence-corrected chi connectivity index (χ2v) is 33.3. The van der Waals surface area contributed by atoms with Crippen molar-refractivity contribution in [2.45, 2.75) is 48.3 Å². The lowest BCUT2D eigenvalue weighted by Crippen LogP contribution is -2.25. The summed E-state index contributed by atoms with van der Waals surface area (Å²) >= 11 is 0. The Morgan fingerprint density at radius 2 is 0.338 bits per heavy atom. The van der Waals surface area contributed by atoms with E-state index in [-0.39, 0.29) is 40.6 Å². The summed E-state index contributed by atoms with van der Waals surface area (Å²) in [5, 5.41) is 21.5. The predicted octanol–water partition coefficient (Wildman–Crippen LogP) is 23.9. The lowest BCUT2D eigenvalue weighted by atomic mass is 9.70. The van der Waals surface area contributed by atoms with Gasteiger partial charge in [-0.2, -0.15) is 0 Å². The van der Waals surface area contributed by atoms with Crippen LogP contribution in [-0.2, 0) is 10.8 Å². The van der Waals surface area contributed by atoms with Gasteiger partial charge in [-0.1, -0.05) is 291 Å². The van der Waals surface area contributed by atoms with Gasteiger partial charge >= 0.3 is 0 Å². The van der Waals surface area contributed by atoms with Crippen molar-refractivity contribution in [3.8, 4) is 33.8 Å². The van der Waals surface area contributed by atoms with Crippen LogP contribution in [0.2, 0.25) is 0 Å². The van der Waals surface area contributed by atoms with E-state index in [4.69, 9.17) is 68.8 Å². The van der Waals surface area contributed by atoms with E-state index in [0.29, 0.717) is 22.5 Å². The maximum atomic E-state index is 10.7. The predicted molar refractivity (Wildman–Crippen MR) is 545 cm³/mol. The van der Waals surface area contributed by atoms with Gasteiger partial charge in [0.25, 0.3) is 0 Å². The first kappa shape index (κ1) is 88.0. The molecule has 0 spiro atoms. The van der Waals surface area contributed by atoms with Gasteiger partial charge in [0.05, 0.1) is 0 Å². The lowest BCUT2D eigenvalue weighted by molar-refractivity contribution is 0.442. The summed E-state index contributed by atoms with van der Waals surface area (Å²) in [5.41, 5.74) is 103. The third kappa shape index (κ3) is 20.4. The third-order valence-corrected chi connectivity index (χ3v) is 24.6. The molecule has 14 nitrogen and oxygen atoms in total. The van der Waals surface area contributed by atoms with Crippen molar-refractivity contribution in [1.82, 2.24) is 0 Å². The molecule has 644 valence electrons. The number of phenols is 2. The first-order valence-electron chi connectivity index (χ1n) is 43.2. The zero-order chi connectivity index (χ0) is 91.0. The van der Waals surface area contributed by atoms with Crippen molar-refractivity contribution < 1.29 is 10.2 Å². The minimum Gasteiger partial charge on any atom is -0.508 e. The number of hydrogen-bond acceptors (Lipinski definition) is 14. The average Bonchev–Trinajstić information content (AvgIpc) is 0.728. The van der Waals surface area contributed by atoms with E-state index in [9.17, 15) is 10.2 Å². The highest BCUT2D eigenvalue weighted by molar-refractivity contribution is 5.70. The van der Waals surface area contributed by atoms with Crippen LogP contribution < -0.4 is 68.8 Å². The van der Waals surface area contributed by atoms with Crippen LogP contribution in [0.5, 0.6) is 11.5 Å². The normalized spacial score (nSPS) is 11.2. The number of nitrogens with two attached hydrogens (primary N) is 12. The molecule has 0 saturated heterocycles. The van der Waals surface area contributed by atoms with Crippen molar-refractivity contribution in [3.63, 3.8) is 0 Å². The van der Waals surface area contributed by atoms with Crippen LogP contribution in [0.15, 0.2) is 437 Å². The minimum atomic E-state index is -0.829. The number of rotatable bonds is 20. The van der Waals surface area contributed by atoms with Gasteiger partial charge in [-0.3, -0.25) is 0 Å². The van der Waals surface area contributed by atoms with Gasteiger partial charge in [-0.25, -0.2) is 0 Å². The molecule has 0 fully saturated rings. The van der Waals surface area contributed by atoms with Crippen LogP contribution in [-0.4, -0.2) is 10.2 Å². The number of anilines is 12. The molecule has 14 heteroatoms. The second-order valence-electron chi connectivity index (χ2n) is 33.3. The van der Waals surface area contributed by atoms with Gasteiger partial charge in [0.2, 0.25) is 0 Å². The fourth-order valence-corrected chi connectivity index (χ4v) is 17.4. The van der Waals surface area contributed by atoms with Gasteiger partial charge in [0, 0.05) is 126 Å². The van der Waals surface area contributed by atoms with Gasteiger partial charge in [-0.15, -0.1) is 0 Å².